The van der Waals surface area contributed by atoms with E-state index in [4.69, 9.17) is 12.2 Å². The van der Waals surface area contributed by atoms with Gasteiger partial charge in [-0.3, -0.25) is 4.98 Å². The molecule has 3 heterocycles. The summed E-state index contributed by atoms with van der Waals surface area (Å²) < 4.78 is 2.22. The van der Waals surface area contributed by atoms with E-state index in [0.717, 1.165) is 16.5 Å². The fourth-order valence-electron chi connectivity index (χ4n) is 3.29. The van der Waals surface area contributed by atoms with Crippen LogP contribution in [0.2, 0.25) is 0 Å². The zero-order chi connectivity index (χ0) is 16.5. The molecular formula is C19H18N4S. The minimum Gasteiger partial charge on any atom is -0.352 e. The Morgan fingerprint density at radius 2 is 1.79 bits per heavy atom. The number of hydrogen-bond acceptors (Lipinski definition) is 2. The fourth-order valence-corrected chi connectivity index (χ4v) is 3.53. The molecule has 1 saturated heterocycles. The molecule has 4 nitrogen and oxygen atoms in total. The predicted molar refractivity (Wildman–Crippen MR) is 99.0 cm³/mol. The van der Waals surface area contributed by atoms with Gasteiger partial charge in [-0.25, -0.2) is 0 Å². The topological polar surface area (TPSA) is 33.1 Å². The lowest BCUT2D eigenvalue weighted by Crippen LogP contribution is -2.25. The molecule has 120 valence electrons. The lowest BCUT2D eigenvalue weighted by atomic mass is 10.0. The number of thiocarbonyl (C=S) groups is 1. The van der Waals surface area contributed by atoms with Crippen molar-refractivity contribution in [2.24, 2.45) is 0 Å². The zero-order valence-electron chi connectivity index (χ0n) is 13.3. The molecule has 4 rings (SSSR count). The minimum atomic E-state index is 0.0288. The van der Waals surface area contributed by atoms with Crippen molar-refractivity contribution in [3.8, 4) is 5.69 Å². The number of nitrogens with zero attached hydrogens (tertiary/aromatic N) is 3. The lowest BCUT2D eigenvalue weighted by Gasteiger charge is -2.25. The Balaban J connectivity index is 1.80. The average molecular weight is 334 g/mol. The second kappa shape index (κ2) is 6.09. The number of likely N-dealkylation sites (N-methyl/N-ethyl adjacent to an activating group) is 1. The highest BCUT2D eigenvalue weighted by atomic mass is 32.1. The van der Waals surface area contributed by atoms with Gasteiger partial charge in [-0.15, -0.1) is 0 Å². The third-order valence-corrected chi connectivity index (χ3v) is 4.86. The molecule has 1 N–H and O–H groups in total. The van der Waals surface area contributed by atoms with Gasteiger partial charge in [-0.2, -0.15) is 0 Å². The summed E-state index contributed by atoms with van der Waals surface area (Å²) in [6.45, 7) is 0. The first-order valence-corrected chi connectivity index (χ1v) is 8.33. The Kier molecular flexibility index (Phi) is 3.78. The van der Waals surface area contributed by atoms with Gasteiger partial charge in [0.1, 0.15) is 0 Å². The molecule has 5 heteroatoms. The van der Waals surface area contributed by atoms with Crippen LogP contribution in [0.4, 0.5) is 0 Å². The second-order valence-electron chi connectivity index (χ2n) is 5.88. The van der Waals surface area contributed by atoms with Crippen molar-refractivity contribution in [2.45, 2.75) is 12.1 Å². The lowest BCUT2D eigenvalue weighted by molar-refractivity contribution is 0.357. The molecule has 2 aromatic heterocycles. The van der Waals surface area contributed by atoms with E-state index >= 15 is 0 Å². The molecule has 1 aromatic carbocycles. The summed E-state index contributed by atoms with van der Waals surface area (Å²) in [4.78, 5) is 6.65. The minimum absolute atomic E-state index is 0.0288. The molecule has 0 spiro atoms. The number of pyridine rings is 1. The van der Waals surface area contributed by atoms with E-state index in [1.54, 1.807) is 0 Å². The van der Waals surface area contributed by atoms with Crippen molar-refractivity contribution < 1.29 is 0 Å². The molecule has 24 heavy (non-hydrogen) atoms. The maximum absolute atomic E-state index is 5.51. The SMILES string of the molecule is CN1C(=S)NC(c2ccccn2)C1c1cccn1-c1ccccc1. The summed E-state index contributed by atoms with van der Waals surface area (Å²) in [5.74, 6) is 0. The van der Waals surface area contributed by atoms with E-state index in [1.165, 1.54) is 5.69 Å². The summed E-state index contributed by atoms with van der Waals surface area (Å²) in [6.07, 6.45) is 3.92. The van der Waals surface area contributed by atoms with Crippen LogP contribution in [-0.4, -0.2) is 26.6 Å². The van der Waals surface area contributed by atoms with Crippen LogP contribution in [0.5, 0.6) is 0 Å². The third-order valence-electron chi connectivity index (χ3n) is 4.46. The summed E-state index contributed by atoms with van der Waals surface area (Å²) in [7, 11) is 2.03. The Morgan fingerprint density at radius 1 is 1.00 bits per heavy atom. The van der Waals surface area contributed by atoms with Gasteiger partial charge in [0.25, 0.3) is 0 Å². The van der Waals surface area contributed by atoms with Crippen molar-refractivity contribution in [2.75, 3.05) is 7.05 Å². The molecule has 2 unspecified atom stereocenters. The first kappa shape index (κ1) is 14.9. The molecule has 1 aliphatic rings. The molecule has 1 aliphatic heterocycles. The molecule has 0 aliphatic carbocycles. The van der Waals surface area contributed by atoms with E-state index in [2.05, 4.69) is 62.4 Å². The van der Waals surface area contributed by atoms with Gasteiger partial charge in [0, 0.05) is 30.8 Å². The van der Waals surface area contributed by atoms with Crippen LogP contribution >= 0.6 is 12.2 Å². The third kappa shape index (κ3) is 2.47. The second-order valence-corrected chi connectivity index (χ2v) is 6.26. The average Bonchev–Trinajstić information content (AvgIpc) is 3.22. The molecule has 0 bridgehead atoms. The van der Waals surface area contributed by atoms with Crippen LogP contribution < -0.4 is 5.32 Å². The van der Waals surface area contributed by atoms with E-state index < -0.39 is 0 Å². The molecule has 0 radical (unpaired) electrons. The van der Waals surface area contributed by atoms with Crippen molar-refractivity contribution in [3.63, 3.8) is 0 Å². The number of rotatable bonds is 3. The molecule has 1 fully saturated rings. The standard InChI is InChI=1S/C19H18N4S/c1-22-18(17(21-19(22)24)15-10-5-6-12-20-15)16-11-7-13-23(16)14-8-3-2-4-9-14/h2-13,17-18H,1H3,(H,21,24). The first-order valence-electron chi connectivity index (χ1n) is 7.92. The molecular weight excluding hydrogens is 316 g/mol. The Labute approximate surface area is 146 Å². The van der Waals surface area contributed by atoms with Crippen molar-refractivity contribution >= 4 is 17.3 Å². The number of para-hydroxylation sites is 1. The monoisotopic (exact) mass is 334 g/mol. The van der Waals surface area contributed by atoms with Gasteiger partial charge in [-0.05, 0) is 48.6 Å². The van der Waals surface area contributed by atoms with E-state index in [-0.39, 0.29) is 12.1 Å². The fraction of sp³-hybridized carbons (Fsp3) is 0.158. The van der Waals surface area contributed by atoms with Crippen LogP contribution in [-0.2, 0) is 0 Å². The predicted octanol–water partition coefficient (Wildman–Crippen LogP) is 3.47. The highest BCUT2D eigenvalue weighted by Gasteiger charge is 2.39. The normalized spacial score (nSPS) is 20.2. The van der Waals surface area contributed by atoms with Crippen LogP contribution in [0, 0.1) is 0 Å². The van der Waals surface area contributed by atoms with Crippen LogP contribution in [0.3, 0.4) is 0 Å². The van der Waals surface area contributed by atoms with Gasteiger partial charge >= 0.3 is 0 Å². The molecule has 3 aromatic rings. The summed E-state index contributed by atoms with van der Waals surface area (Å²) >= 11 is 5.51. The Morgan fingerprint density at radius 3 is 2.54 bits per heavy atom. The smallest absolute Gasteiger partial charge is 0.169 e. The van der Waals surface area contributed by atoms with Gasteiger partial charge in [0.05, 0.1) is 17.8 Å². The van der Waals surface area contributed by atoms with Crippen LogP contribution in [0.1, 0.15) is 23.5 Å². The van der Waals surface area contributed by atoms with Crippen LogP contribution in [0.25, 0.3) is 5.69 Å². The van der Waals surface area contributed by atoms with Gasteiger partial charge in [0.2, 0.25) is 0 Å². The highest BCUT2D eigenvalue weighted by molar-refractivity contribution is 7.80. The number of nitrogens with one attached hydrogen (secondary N) is 1. The Bertz CT molecular complexity index is 844. The maximum atomic E-state index is 5.51. The van der Waals surface area contributed by atoms with E-state index in [9.17, 15) is 0 Å². The highest BCUT2D eigenvalue weighted by Crippen LogP contribution is 2.38. The molecule has 2 atom stereocenters. The summed E-state index contributed by atoms with van der Waals surface area (Å²) in [6, 6.07) is 20.7. The number of hydrogen-bond donors (Lipinski definition) is 1. The maximum Gasteiger partial charge on any atom is 0.169 e. The number of benzene rings is 1. The quantitative estimate of drug-likeness (QED) is 0.744. The van der Waals surface area contributed by atoms with Gasteiger partial charge in [0.15, 0.2) is 5.11 Å². The Hall–Kier alpha value is -2.66. The van der Waals surface area contributed by atoms with Crippen molar-refractivity contribution in [3.05, 3.63) is 84.4 Å². The van der Waals surface area contributed by atoms with Crippen molar-refractivity contribution in [1.82, 2.24) is 19.8 Å². The molecule has 0 amide bonds. The molecule has 0 saturated carbocycles. The number of aromatic nitrogens is 2. The largest absolute Gasteiger partial charge is 0.352 e. The first-order chi connectivity index (χ1) is 11.8. The zero-order valence-corrected chi connectivity index (χ0v) is 14.1. The van der Waals surface area contributed by atoms with E-state index in [1.807, 2.05) is 37.5 Å². The van der Waals surface area contributed by atoms with Gasteiger partial charge < -0.3 is 14.8 Å². The van der Waals surface area contributed by atoms with E-state index in [0.29, 0.717) is 0 Å². The van der Waals surface area contributed by atoms with Crippen molar-refractivity contribution in [1.29, 1.82) is 0 Å². The van der Waals surface area contributed by atoms with Gasteiger partial charge in [-0.1, -0.05) is 24.3 Å². The summed E-state index contributed by atoms with van der Waals surface area (Å²) in [5, 5.41) is 4.17. The van der Waals surface area contributed by atoms with Crippen LogP contribution in [0.15, 0.2) is 73.1 Å². The summed E-state index contributed by atoms with van der Waals surface area (Å²) in [5.41, 5.74) is 3.32.